The molecule has 0 bridgehead atoms. The van der Waals surface area contributed by atoms with Gasteiger partial charge in [-0.1, -0.05) is 18.2 Å². The van der Waals surface area contributed by atoms with Gasteiger partial charge in [-0.2, -0.15) is 4.31 Å². The van der Waals surface area contributed by atoms with Crippen molar-refractivity contribution in [3.05, 3.63) is 89.8 Å². The fraction of sp³-hybridized carbons (Fsp3) is 0.158. The number of sulfonamides is 1. The molecular weight excluding hydrogens is 358 g/mol. The van der Waals surface area contributed by atoms with Crippen molar-refractivity contribution >= 4 is 10.0 Å². The summed E-state index contributed by atoms with van der Waals surface area (Å²) in [6, 6.07) is 13.7. The summed E-state index contributed by atoms with van der Waals surface area (Å²) in [4.78, 5) is -0.0137. The molecule has 0 saturated heterocycles. The van der Waals surface area contributed by atoms with E-state index in [-0.39, 0.29) is 17.0 Å². The normalized spacial score (nSPS) is 17.8. The van der Waals surface area contributed by atoms with Crippen molar-refractivity contribution in [2.45, 2.75) is 17.5 Å². The maximum absolute atomic E-state index is 14.5. The zero-order valence-corrected chi connectivity index (χ0v) is 14.5. The summed E-state index contributed by atoms with van der Waals surface area (Å²) in [6.45, 7) is 0.661. The molecule has 0 fully saturated rings. The molecule has 134 valence electrons. The molecule has 0 spiro atoms. The van der Waals surface area contributed by atoms with E-state index in [1.165, 1.54) is 22.5 Å². The van der Waals surface area contributed by atoms with Crippen molar-refractivity contribution in [1.82, 2.24) is 8.87 Å². The van der Waals surface area contributed by atoms with Gasteiger partial charge in [-0.15, -0.1) is 0 Å². The molecule has 0 aliphatic carbocycles. The Labute approximate surface area is 150 Å². The minimum atomic E-state index is -3.93. The Hall–Kier alpha value is -2.51. The van der Waals surface area contributed by atoms with Crippen LogP contribution in [0.3, 0.4) is 0 Å². The monoisotopic (exact) mass is 374 g/mol. The third-order valence-corrected chi connectivity index (χ3v) is 6.49. The van der Waals surface area contributed by atoms with Crippen LogP contribution in [0.1, 0.15) is 17.3 Å². The van der Waals surface area contributed by atoms with Crippen molar-refractivity contribution in [3.8, 4) is 0 Å². The first kappa shape index (κ1) is 16.9. The smallest absolute Gasteiger partial charge is 0.244 e. The van der Waals surface area contributed by atoms with Gasteiger partial charge in [0.05, 0.1) is 10.9 Å². The Morgan fingerprint density at radius 2 is 1.62 bits per heavy atom. The van der Waals surface area contributed by atoms with Crippen molar-refractivity contribution in [2.75, 3.05) is 6.54 Å². The van der Waals surface area contributed by atoms with Gasteiger partial charge in [0.25, 0.3) is 0 Å². The summed E-state index contributed by atoms with van der Waals surface area (Å²) in [6.07, 6.45) is 1.85. The van der Waals surface area contributed by atoms with Gasteiger partial charge in [-0.05, 0) is 42.5 Å². The van der Waals surface area contributed by atoms with Gasteiger partial charge < -0.3 is 4.57 Å². The van der Waals surface area contributed by atoms with Crippen LogP contribution in [0.2, 0.25) is 0 Å². The highest BCUT2D eigenvalue weighted by Crippen LogP contribution is 2.37. The van der Waals surface area contributed by atoms with Crippen LogP contribution in [0.5, 0.6) is 0 Å². The Kier molecular flexibility index (Phi) is 4.13. The van der Waals surface area contributed by atoms with E-state index in [0.717, 1.165) is 12.1 Å². The number of aromatic nitrogens is 1. The molecule has 1 unspecified atom stereocenters. The molecule has 0 N–H and O–H groups in total. The van der Waals surface area contributed by atoms with Crippen LogP contribution in [-0.4, -0.2) is 23.8 Å². The van der Waals surface area contributed by atoms with Gasteiger partial charge >= 0.3 is 0 Å². The molecule has 1 atom stereocenters. The van der Waals surface area contributed by atoms with Crippen molar-refractivity contribution in [1.29, 1.82) is 0 Å². The van der Waals surface area contributed by atoms with Gasteiger partial charge in [0.15, 0.2) is 0 Å². The first-order valence-corrected chi connectivity index (χ1v) is 9.59. The Morgan fingerprint density at radius 1 is 0.885 bits per heavy atom. The molecule has 3 aromatic rings. The van der Waals surface area contributed by atoms with Crippen molar-refractivity contribution in [2.24, 2.45) is 0 Å². The van der Waals surface area contributed by atoms with E-state index in [0.29, 0.717) is 12.2 Å². The Morgan fingerprint density at radius 3 is 2.35 bits per heavy atom. The molecule has 26 heavy (non-hydrogen) atoms. The fourth-order valence-electron chi connectivity index (χ4n) is 3.37. The van der Waals surface area contributed by atoms with Gasteiger partial charge in [0.2, 0.25) is 10.0 Å². The Bertz CT molecular complexity index is 1050. The standard InChI is InChI=1S/C19H16F2N2O2S/c20-14-7-9-15(10-8-14)26(24,25)23-13-12-22-11-3-6-18(22)19(23)16-4-1-2-5-17(16)21/h1-11,19H,12-13H2. The summed E-state index contributed by atoms with van der Waals surface area (Å²) in [5.74, 6) is -0.978. The third-order valence-electron chi connectivity index (χ3n) is 4.61. The second-order valence-corrected chi connectivity index (χ2v) is 8.01. The van der Waals surface area contributed by atoms with Crippen LogP contribution in [0, 0.1) is 11.6 Å². The minimum Gasteiger partial charge on any atom is -0.348 e. The fourth-order valence-corrected chi connectivity index (χ4v) is 4.95. The second-order valence-electron chi connectivity index (χ2n) is 6.12. The average Bonchev–Trinajstić information content (AvgIpc) is 3.10. The summed E-state index contributed by atoms with van der Waals surface area (Å²) < 4.78 is 57.3. The number of hydrogen-bond donors (Lipinski definition) is 0. The largest absolute Gasteiger partial charge is 0.348 e. The molecule has 4 nitrogen and oxygen atoms in total. The lowest BCUT2D eigenvalue weighted by Gasteiger charge is -2.36. The topological polar surface area (TPSA) is 42.3 Å². The number of benzene rings is 2. The highest BCUT2D eigenvalue weighted by atomic mass is 32.2. The maximum atomic E-state index is 14.5. The summed E-state index contributed by atoms with van der Waals surface area (Å²) in [5, 5.41) is 0. The molecule has 7 heteroatoms. The number of halogens is 2. The quantitative estimate of drug-likeness (QED) is 0.704. The zero-order chi connectivity index (χ0) is 18.3. The Balaban J connectivity index is 1.87. The van der Waals surface area contributed by atoms with Crippen molar-refractivity contribution in [3.63, 3.8) is 0 Å². The lowest BCUT2D eigenvalue weighted by molar-refractivity contribution is 0.293. The van der Waals surface area contributed by atoms with Crippen LogP contribution < -0.4 is 0 Å². The maximum Gasteiger partial charge on any atom is 0.244 e. The first-order chi connectivity index (χ1) is 12.5. The first-order valence-electron chi connectivity index (χ1n) is 8.15. The van der Waals surface area contributed by atoms with Crippen LogP contribution >= 0.6 is 0 Å². The van der Waals surface area contributed by atoms with E-state index in [2.05, 4.69) is 0 Å². The molecule has 1 aromatic heterocycles. The van der Waals surface area contributed by atoms with Gasteiger partial charge in [0, 0.05) is 30.5 Å². The predicted octanol–water partition coefficient (Wildman–Crippen LogP) is 3.56. The van der Waals surface area contributed by atoms with Crippen molar-refractivity contribution < 1.29 is 17.2 Å². The van der Waals surface area contributed by atoms with Crippen LogP contribution in [0.25, 0.3) is 0 Å². The minimum absolute atomic E-state index is 0.0137. The molecule has 2 aromatic carbocycles. The molecule has 1 aliphatic heterocycles. The molecule has 0 radical (unpaired) electrons. The molecule has 4 rings (SSSR count). The van der Waals surface area contributed by atoms with E-state index in [4.69, 9.17) is 0 Å². The van der Waals surface area contributed by atoms with Gasteiger partial charge in [0.1, 0.15) is 11.6 Å². The number of rotatable bonds is 3. The number of hydrogen-bond acceptors (Lipinski definition) is 2. The number of nitrogens with zero attached hydrogens (tertiary/aromatic N) is 2. The zero-order valence-electron chi connectivity index (χ0n) is 13.7. The van der Waals surface area contributed by atoms with E-state index >= 15 is 0 Å². The van der Waals surface area contributed by atoms with E-state index < -0.39 is 27.7 Å². The lowest BCUT2D eigenvalue weighted by Crippen LogP contribution is -2.42. The summed E-state index contributed by atoms with van der Waals surface area (Å²) in [5.41, 5.74) is 0.991. The van der Waals surface area contributed by atoms with Crippen LogP contribution in [0.15, 0.2) is 71.8 Å². The van der Waals surface area contributed by atoms with E-state index in [1.54, 1.807) is 24.3 Å². The predicted molar refractivity (Wildman–Crippen MR) is 93.0 cm³/mol. The molecular formula is C19H16F2N2O2S. The number of fused-ring (bicyclic) bond motifs is 1. The SMILES string of the molecule is O=S(=O)(c1ccc(F)cc1)N1CCn2cccc2C1c1ccccc1F. The van der Waals surface area contributed by atoms with E-state index in [1.807, 2.05) is 16.8 Å². The van der Waals surface area contributed by atoms with Crippen LogP contribution in [-0.2, 0) is 16.6 Å². The summed E-state index contributed by atoms with van der Waals surface area (Å²) >= 11 is 0. The molecule has 1 aliphatic rings. The highest BCUT2D eigenvalue weighted by molar-refractivity contribution is 7.89. The average molecular weight is 374 g/mol. The molecule has 0 saturated carbocycles. The highest BCUT2D eigenvalue weighted by Gasteiger charge is 2.38. The lowest BCUT2D eigenvalue weighted by atomic mass is 10.0. The van der Waals surface area contributed by atoms with Gasteiger partial charge in [-0.25, -0.2) is 17.2 Å². The summed E-state index contributed by atoms with van der Waals surface area (Å²) in [7, 11) is -3.93. The molecule has 2 heterocycles. The van der Waals surface area contributed by atoms with Crippen LogP contribution in [0.4, 0.5) is 8.78 Å². The van der Waals surface area contributed by atoms with Gasteiger partial charge in [-0.3, -0.25) is 0 Å². The molecule has 0 amide bonds. The second kappa shape index (κ2) is 6.34. The van der Waals surface area contributed by atoms with E-state index in [9.17, 15) is 17.2 Å². The third kappa shape index (κ3) is 2.73.